The largest absolute Gasteiger partial charge is 0.491 e. The zero-order valence-corrected chi connectivity index (χ0v) is 35.2. The molecule has 4 heterocycles. The Morgan fingerprint density at radius 1 is 1.14 bits per heavy atom. The van der Waals surface area contributed by atoms with Crippen molar-refractivity contribution in [2.75, 3.05) is 13.2 Å². The van der Waals surface area contributed by atoms with Crippen molar-refractivity contribution >= 4 is 44.6 Å². The molecule has 0 radical (unpaired) electrons. The molecule has 1 aromatic heterocycles. The lowest BCUT2D eigenvalue weighted by atomic mass is 9.85. The van der Waals surface area contributed by atoms with Crippen molar-refractivity contribution in [3.8, 4) is 11.6 Å². The summed E-state index contributed by atoms with van der Waals surface area (Å²) in [6.07, 6.45) is 9.25. The molecule has 5 aliphatic rings. The van der Waals surface area contributed by atoms with Gasteiger partial charge in [-0.05, 0) is 103 Å². The van der Waals surface area contributed by atoms with Crippen molar-refractivity contribution in [1.29, 1.82) is 0 Å². The molecule has 2 aliphatic carbocycles. The van der Waals surface area contributed by atoms with E-state index in [2.05, 4.69) is 22.3 Å². The van der Waals surface area contributed by atoms with Crippen LogP contribution in [0.4, 0.5) is 4.79 Å². The summed E-state index contributed by atoms with van der Waals surface area (Å²) in [4.78, 5) is 63.0. The number of pyridine rings is 1. The molecule has 1 saturated heterocycles. The second-order valence-corrected chi connectivity index (χ2v) is 20.2. The van der Waals surface area contributed by atoms with Crippen LogP contribution < -0.4 is 24.8 Å². The first-order chi connectivity index (χ1) is 27.4. The van der Waals surface area contributed by atoms with E-state index in [0.29, 0.717) is 56.6 Å². The van der Waals surface area contributed by atoms with E-state index in [9.17, 15) is 22.8 Å². The molecule has 3 N–H and O–H groups in total. The average molecular weight is 820 g/mol. The van der Waals surface area contributed by atoms with Crippen LogP contribution in [-0.2, 0) is 35.6 Å². The van der Waals surface area contributed by atoms with Crippen LogP contribution in [0.15, 0.2) is 48.2 Å². The monoisotopic (exact) mass is 819 g/mol. The minimum atomic E-state index is -4.00. The minimum absolute atomic E-state index is 0.00549. The van der Waals surface area contributed by atoms with Crippen LogP contribution in [0.25, 0.3) is 10.8 Å². The number of rotatable bonds is 7. The standard InChI is InChI=1S/C43H57N5O9S/c1-7-27-21-26(2)13-8-9-14-28-23-43(28,39(51)47-58(53,54)42(6)18-19-42)46-36(49)34-22-29(25-48(34)38(50)32(27)24-44-40(52)57-41(3,4)5)56-37-31-16-11-10-15-30(31)35-33(45-37)17-12-20-55-35/h9-11,14-16,24,26-29,34H,7-8,12-13,17-23,25H2,1-6H3,(H,44,52)(H,46,49)(H,47,51). The maximum atomic E-state index is 15.0. The van der Waals surface area contributed by atoms with Gasteiger partial charge >= 0.3 is 6.09 Å². The third kappa shape index (κ3) is 8.55. The fourth-order valence-electron chi connectivity index (χ4n) is 8.39. The second kappa shape index (κ2) is 15.8. The third-order valence-corrected chi connectivity index (χ3v) is 14.4. The zero-order valence-electron chi connectivity index (χ0n) is 34.4. The van der Waals surface area contributed by atoms with Gasteiger partial charge in [-0.2, -0.15) is 0 Å². The van der Waals surface area contributed by atoms with E-state index >= 15 is 4.79 Å². The van der Waals surface area contributed by atoms with Gasteiger partial charge in [-0.1, -0.05) is 44.2 Å². The summed E-state index contributed by atoms with van der Waals surface area (Å²) in [7, 11) is -4.00. The molecule has 314 valence electrons. The minimum Gasteiger partial charge on any atom is -0.491 e. The smallest absolute Gasteiger partial charge is 0.411 e. The molecule has 6 unspecified atom stereocenters. The van der Waals surface area contributed by atoms with E-state index in [1.54, 1.807) is 27.7 Å². The lowest BCUT2D eigenvalue weighted by Crippen LogP contribution is -2.57. The second-order valence-electron chi connectivity index (χ2n) is 18.0. The predicted octanol–water partition coefficient (Wildman–Crippen LogP) is 5.59. The van der Waals surface area contributed by atoms with Crippen molar-refractivity contribution in [2.45, 2.75) is 134 Å². The number of ether oxygens (including phenoxy) is 3. The third-order valence-electron chi connectivity index (χ3n) is 12.2. The summed E-state index contributed by atoms with van der Waals surface area (Å²) in [6, 6.07) is 6.56. The highest BCUT2D eigenvalue weighted by Crippen LogP contribution is 2.48. The highest BCUT2D eigenvalue weighted by atomic mass is 32.2. The molecule has 6 atom stereocenters. The molecule has 0 bridgehead atoms. The lowest BCUT2D eigenvalue weighted by molar-refractivity contribution is -0.138. The average Bonchev–Trinajstić information content (AvgIpc) is 4.05. The number of hydrogen-bond acceptors (Lipinski definition) is 10. The Kier molecular flexibility index (Phi) is 11.3. The molecule has 58 heavy (non-hydrogen) atoms. The molecular weight excluding hydrogens is 763 g/mol. The van der Waals surface area contributed by atoms with Gasteiger partial charge in [-0.3, -0.25) is 24.4 Å². The summed E-state index contributed by atoms with van der Waals surface area (Å²) in [5, 5.41) is 7.22. The van der Waals surface area contributed by atoms with Crippen molar-refractivity contribution < 1.29 is 41.8 Å². The van der Waals surface area contributed by atoms with Crippen LogP contribution in [0.5, 0.6) is 11.6 Å². The van der Waals surface area contributed by atoms with E-state index in [-0.39, 0.29) is 31.2 Å². The maximum Gasteiger partial charge on any atom is 0.411 e. The number of amides is 4. The van der Waals surface area contributed by atoms with E-state index < -0.39 is 67.8 Å². The van der Waals surface area contributed by atoms with E-state index in [1.807, 2.05) is 43.3 Å². The predicted molar refractivity (Wildman–Crippen MR) is 217 cm³/mol. The number of nitrogens with zero attached hydrogens (tertiary/aromatic N) is 2. The molecular formula is C43H57N5O9S. The SMILES string of the molecule is CCC1CC(C)CCC=CC2CC2(C(=O)NS(=O)(=O)C2(C)CC2)NC(=O)C2CC(Oc3nc4c(c5ccccc35)OCCC4)CN2C(=O)C1=CNC(=O)OC(C)(C)C. The Balaban J connectivity index is 1.26. The summed E-state index contributed by atoms with van der Waals surface area (Å²) >= 11 is 0. The summed E-state index contributed by atoms with van der Waals surface area (Å²) in [6.45, 7) is 11.6. The van der Waals surface area contributed by atoms with Gasteiger partial charge in [0.15, 0.2) is 0 Å². The first-order valence-electron chi connectivity index (χ1n) is 20.7. The topological polar surface area (TPSA) is 182 Å². The molecule has 0 spiro atoms. The first kappa shape index (κ1) is 41.5. The van der Waals surface area contributed by atoms with Gasteiger partial charge in [0.05, 0.1) is 23.6 Å². The molecule has 7 rings (SSSR count). The van der Waals surface area contributed by atoms with Gasteiger partial charge < -0.3 is 24.4 Å². The number of carbonyl (C=O) groups is 4. The Morgan fingerprint density at radius 2 is 1.88 bits per heavy atom. The van der Waals surface area contributed by atoms with Crippen molar-refractivity contribution in [3.63, 3.8) is 0 Å². The molecule has 3 fully saturated rings. The summed E-state index contributed by atoms with van der Waals surface area (Å²) < 4.78 is 46.0. The van der Waals surface area contributed by atoms with Crippen molar-refractivity contribution in [3.05, 3.63) is 53.9 Å². The maximum absolute atomic E-state index is 15.0. The Labute approximate surface area is 340 Å². The van der Waals surface area contributed by atoms with Gasteiger partial charge in [-0.25, -0.2) is 18.2 Å². The fraction of sp³-hybridized carbons (Fsp3) is 0.605. The van der Waals surface area contributed by atoms with Crippen LogP contribution in [-0.4, -0.2) is 83.3 Å². The van der Waals surface area contributed by atoms with Crippen LogP contribution in [0.3, 0.4) is 0 Å². The zero-order chi connectivity index (χ0) is 41.6. The van der Waals surface area contributed by atoms with Gasteiger partial charge in [0, 0.05) is 34.9 Å². The Hall–Kier alpha value is -4.66. The van der Waals surface area contributed by atoms with Crippen LogP contribution in [0.2, 0.25) is 0 Å². The number of hydrogen-bond donors (Lipinski definition) is 3. The van der Waals surface area contributed by atoms with Gasteiger partial charge in [-0.15, -0.1) is 0 Å². The molecule has 15 heteroatoms. The van der Waals surface area contributed by atoms with Crippen LogP contribution >= 0.6 is 0 Å². The van der Waals surface area contributed by atoms with Crippen molar-refractivity contribution in [1.82, 2.24) is 25.2 Å². The number of fused-ring (bicyclic) bond motifs is 5. The van der Waals surface area contributed by atoms with E-state index in [1.165, 1.54) is 11.1 Å². The fourth-order valence-corrected chi connectivity index (χ4v) is 9.71. The molecule has 1 aromatic carbocycles. The lowest BCUT2D eigenvalue weighted by Gasteiger charge is -2.30. The molecule has 2 saturated carbocycles. The summed E-state index contributed by atoms with van der Waals surface area (Å²) in [5.74, 6) is -1.30. The van der Waals surface area contributed by atoms with E-state index in [0.717, 1.165) is 35.1 Å². The highest BCUT2D eigenvalue weighted by Gasteiger charge is 2.63. The van der Waals surface area contributed by atoms with E-state index in [4.69, 9.17) is 19.2 Å². The molecule has 4 amide bonds. The quantitative estimate of drug-likeness (QED) is 0.235. The molecule has 14 nitrogen and oxygen atoms in total. The molecule has 3 aliphatic heterocycles. The molecule has 2 aromatic rings. The van der Waals surface area contributed by atoms with Crippen LogP contribution in [0, 0.1) is 17.8 Å². The number of carbonyl (C=O) groups excluding carboxylic acids is 4. The van der Waals surface area contributed by atoms with Gasteiger partial charge in [0.1, 0.15) is 29.0 Å². The Morgan fingerprint density at radius 3 is 2.59 bits per heavy atom. The van der Waals surface area contributed by atoms with Crippen LogP contribution in [0.1, 0.15) is 105 Å². The number of allylic oxidation sites excluding steroid dienone is 1. The van der Waals surface area contributed by atoms with Gasteiger partial charge in [0.2, 0.25) is 21.8 Å². The normalized spacial score (nSPS) is 29.1. The number of benzene rings is 1. The number of aryl methyl sites for hydroxylation is 1. The highest BCUT2D eigenvalue weighted by molar-refractivity contribution is 7.91. The Bertz CT molecular complexity index is 2140. The number of nitrogens with one attached hydrogen (secondary N) is 3. The summed E-state index contributed by atoms with van der Waals surface area (Å²) in [5.41, 5.74) is -1.21. The van der Waals surface area contributed by atoms with Gasteiger partial charge in [0.25, 0.3) is 11.8 Å². The number of aromatic nitrogens is 1. The number of alkyl carbamates (subject to hydrolysis) is 1. The van der Waals surface area contributed by atoms with Crippen molar-refractivity contribution in [2.24, 2.45) is 17.8 Å². The first-order valence-corrected chi connectivity index (χ1v) is 22.2. The number of sulfonamides is 1.